The number of hydrogen-bond acceptors (Lipinski definition) is 3. The zero-order chi connectivity index (χ0) is 18.3. The first-order valence-corrected chi connectivity index (χ1v) is 8.67. The molecular formula is C23H21IN2O. The second-order valence-corrected chi connectivity index (χ2v) is 6.72. The second-order valence-electron chi connectivity index (χ2n) is 6.72. The molecule has 4 heteroatoms. The first kappa shape index (κ1) is 19.3. The fraction of sp³-hybridized carbons (Fsp3) is 0.130. The maximum Gasteiger partial charge on any atom is 0.211 e. The number of benzene rings is 1. The fourth-order valence-corrected chi connectivity index (χ4v) is 3.42. The number of aryl methyl sites for hydroxylation is 1. The van der Waals surface area contributed by atoms with Crippen molar-refractivity contribution >= 4 is 47.1 Å². The number of hydrogen-bond donors (Lipinski definition) is 0. The lowest BCUT2D eigenvalue weighted by Gasteiger charge is -2.26. The van der Waals surface area contributed by atoms with E-state index in [-0.39, 0.29) is 29.8 Å². The molecule has 1 aromatic heterocycles. The van der Waals surface area contributed by atoms with Crippen molar-refractivity contribution in [3.8, 4) is 0 Å². The molecule has 0 saturated carbocycles. The maximum absolute atomic E-state index is 12.7. The number of allylic oxidation sites excluding steroid dienone is 6. The summed E-state index contributed by atoms with van der Waals surface area (Å²) in [5, 5.41) is 0. The van der Waals surface area contributed by atoms with E-state index in [0.29, 0.717) is 11.3 Å². The van der Waals surface area contributed by atoms with Crippen molar-refractivity contribution in [2.45, 2.75) is 13.8 Å². The van der Waals surface area contributed by atoms with Crippen LogP contribution in [-0.2, 0) is 0 Å². The van der Waals surface area contributed by atoms with Gasteiger partial charge in [-0.1, -0.05) is 23.8 Å². The van der Waals surface area contributed by atoms with Gasteiger partial charge < -0.3 is 4.90 Å². The van der Waals surface area contributed by atoms with E-state index >= 15 is 0 Å². The summed E-state index contributed by atoms with van der Waals surface area (Å²) in [5.41, 5.74) is 7.84. The minimum atomic E-state index is -0.0264. The number of carbonyl (C=O) groups excluding carboxylic acids is 1. The molecule has 136 valence electrons. The molecule has 4 rings (SSSR count). The standard InChI is InChI=1S/C23H20N2O.HI/c1-15-6-11-21-17(13-15)7-9-19(25(21)3)10-8-18-14-16(2)20-5-4-12-24-22(20)23(18)26;/h4-14H,1-3H3;1H. The number of halogens is 1. The quantitative estimate of drug-likeness (QED) is 0.405. The Morgan fingerprint density at radius 3 is 2.70 bits per heavy atom. The molecule has 2 aliphatic rings. The van der Waals surface area contributed by atoms with E-state index in [1.54, 1.807) is 6.20 Å². The van der Waals surface area contributed by atoms with E-state index in [9.17, 15) is 4.79 Å². The number of pyridine rings is 1. The molecule has 0 saturated heterocycles. The van der Waals surface area contributed by atoms with Crippen molar-refractivity contribution in [1.29, 1.82) is 0 Å². The van der Waals surface area contributed by atoms with Gasteiger partial charge in [0.1, 0.15) is 5.69 Å². The number of carbonyl (C=O) groups is 1. The topological polar surface area (TPSA) is 33.2 Å². The third-order valence-electron chi connectivity index (χ3n) is 4.88. The summed E-state index contributed by atoms with van der Waals surface area (Å²) < 4.78 is 0. The second kappa shape index (κ2) is 7.64. The summed E-state index contributed by atoms with van der Waals surface area (Å²) in [7, 11) is 2.04. The molecule has 2 heterocycles. The van der Waals surface area contributed by atoms with Crippen LogP contribution < -0.4 is 4.90 Å². The largest absolute Gasteiger partial charge is 0.344 e. The predicted octanol–water partition coefficient (Wildman–Crippen LogP) is 5.58. The normalized spacial score (nSPS) is 18.1. The lowest BCUT2D eigenvalue weighted by molar-refractivity contribution is 0.103. The van der Waals surface area contributed by atoms with Gasteiger partial charge in [0, 0.05) is 35.8 Å². The van der Waals surface area contributed by atoms with Crippen molar-refractivity contribution in [3.63, 3.8) is 0 Å². The zero-order valence-electron chi connectivity index (χ0n) is 15.6. The molecule has 2 aromatic rings. The Bertz CT molecular complexity index is 1040. The molecule has 0 radical (unpaired) electrons. The van der Waals surface area contributed by atoms with Crippen LogP contribution in [0.25, 0.3) is 11.6 Å². The monoisotopic (exact) mass is 468 g/mol. The Hall–Kier alpha value is -2.47. The van der Waals surface area contributed by atoms with E-state index in [2.05, 4.69) is 47.2 Å². The highest BCUT2D eigenvalue weighted by Gasteiger charge is 2.22. The van der Waals surface area contributed by atoms with Gasteiger partial charge in [0.15, 0.2) is 0 Å². The van der Waals surface area contributed by atoms with Gasteiger partial charge in [-0.2, -0.15) is 0 Å². The summed E-state index contributed by atoms with van der Waals surface area (Å²) in [6.07, 6.45) is 11.7. The summed E-state index contributed by atoms with van der Waals surface area (Å²) in [5.74, 6) is -0.0264. The molecule has 1 aliphatic heterocycles. The van der Waals surface area contributed by atoms with Crippen LogP contribution in [0.4, 0.5) is 5.69 Å². The van der Waals surface area contributed by atoms with Crippen LogP contribution in [0.15, 0.2) is 72.1 Å². The van der Waals surface area contributed by atoms with Crippen LogP contribution in [0.2, 0.25) is 0 Å². The Balaban J connectivity index is 0.00000210. The minimum absolute atomic E-state index is 0. The van der Waals surface area contributed by atoms with E-state index in [4.69, 9.17) is 0 Å². The Kier molecular flexibility index (Phi) is 5.46. The molecule has 0 N–H and O–H groups in total. The number of fused-ring (bicyclic) bond motifs is 2. The van der Waals surface area contributed by atoms with Gasteiger partial charge in [-0.25, -0.2) is 0 Å². The molecule has 0 amide bonds. The molecule has 0 fully saturated rings. The third kappa shape index (κ3) is 3.54. The van der Waals surface area contributed by atoms with Gasteiger partial charge in [-0.3, -0.25) is 9.78 Å². The van der Waals surface area contributed by atoms with E-state index in [1.807, 2.05) is 44.3 Å². The summed E-state index contributed by atoms with van der Waals surface area (Å²) in [4.78, 5) is 19.1. The molecule has 27 heavy (non-hydrogen) atoms. The number of likely N-dealkylation sites (N-methyl/N-ethyl adjacent to an activating group) is 1. The van der Waals surface area contributed by atoms with Crippen molar-refractivity contribution in [3.05, 3.63) is 94.5 Å². The molecule has 0 spiro atoms. The van der Waals surface area contributed by atoms with Crippen LogP contribution in [0.5, 0.6) is 0 Å². The molecule has 3 nitrogen and oxygen atoms in total. The third-order valence-corrected chi connectivity index (χ3v) is 4.88. The molecule has 0 unspecified atom stereocenters. The number of ketones is 1. The van der Waals surface area contributed by atoms with Gasteiger partial charge in [0.05, 0.1) is 0 Å². The molecule has 0 bridgehead atoms. The smallest absolute Gasteiger partial charge is 0.211 e. The van der Waals surface area contributed by atoms with Crippen molar-refractivity contribution in [2.24, 2.45) is 0 Å². The Morgan fingerprint density at radius 1 is 1.07 bits per heavy atom. The first-order valence-electron chi connectivity index (χ1n) is 8.67. The SMILES string of the molecule is CC1=CC(=CC=C2C=Cc3cc(C)ccc3N2C)C(=O)c2ncccc21.I. The number of rotatable bonds is 1. The number of nitrogens with zero attached hydrogens (tertiary/aromatic N) is 2. The Labute approximate surface area is 176 Å². The summed E-state index contributed by atoms with van der Waals surface area (Å²) in [6.45, 7) is 4.11. The van der Waals surface area contributed by atoms with Gasteiger partial charge in [-0.05, 0) is 67.5 Å². The summed E-state index contributed by atoms with van der Waals surface area (Å²) in [6, 6.07) is 10.2. The maximum atomic E-state index is 12.7. The summed E-state index contributed by atoms with van der Waals surface area (Å²) >= 11 is 0. The minimum Gasteiger partial charge on any atom is -0.344 e. The average Bonchev–Trinajstić information content (AvgIpc) is 2.65. The fourth-order valence-electron chi connectivity index (χ4n) is 3.42. The first-order chi connectivity index (χ1) is 12.5. The van der Waals surface area contributed by atoms with E-state index < -0.39 is 0 Å². The van der Waals surface area contributed by atoms with Crippen LogP contribution in [0, 0.1) is 6.92 Å². The van der Waals surface area contributed by atoms with Crippen LogP contribution in [0.1, 0.15) is 34.1 Å². The highest BCUT2D eigenvalue weighted by Crippen LogP contribution is 2.31. The lowest BCUT2D eigenvalue weighted by atomic mass is 9.91. The zero-order valence-corrected chi connectivity index (χ0v) is 17.9. The van der Waals surface area contributed by atoms with Crippen LogP contribution >= 0.6 is 24.0 Å². The van der Waals surface area contributed by atoms with Gasteiger partial charge >= 0.3 is 0 Å². The highest BCUT2D eigenvalue weighted by atomic mass is 127. The Morgan fingerprint density at radius 2 is 1.89 bits per heavy atom. The number of anilines is 1. The number of aromatic nitrogens is 1. The van der Waals surface area contributed by atoms with Gasteiger partial charge in [0.2, 0.25) is 5.78 Å². The van der Waals surface area contributed by atoms with Crippen molar-refractivity contribution < 1.29 is 4.79 Å². The number of Topliss-reactive ketones (excluding diaryl/α,β-unsaturated/α-hetero) is 1. The van der Waals surface area contributed by atoms with Gasteiger partial charge in [-0.15, -0.1) is 24.0 Å². The van der Waals surface area contributed by atoms with Gasteiger partial charge in [0.25, 0.3) is 0 Å². The van der Waals surface area contributed by atoms with E-state index in [0.717, 1.165) is 22.5 Å². The van der Waals surface area contributed by atoms with Crippen LogP contribution in [0.3, 0.4) is 0 Å². The van der Waals surface area contributed by atoms with Crippen molar-refractivity contribution in [1.82, 2.24) is 4.98 Å². The van der Waals surface area contributed by atoms with Crippen molar-refractivity contribution in [2.75, 3.05) is 11.9 Å². The highest BCUT2D eigenvalue weighted by molar-refractivity contribution is 14.0. The average molecular weight is 468 g/mol. The van der Waals surface area contributed by atoms with E-state index in [1.165, 1.54) is 11.1 Å². The molecule has 0 atom stereocenters. The lowest BCUT2D eigenvalue weighted by Crippen LogP contribution is -2.18. The molecular weight excluding hydrogens is 447 g/mol. The van der Waals surface area contributed by atoms with Crippen LogP contribution in [-0.4, -0.2) is 17.8 Å². The predicted molar refractivity (Wildman–Crippen MR) is 122 cm³/mol. The molecule has 1 aliphatic carbocycles. The molecule has 1 aromatic carbocycles.